The first kappa shape index (κ1) is 19.9. The number of anilines is 2. The van der Waals surface area contributed by atoms with Crippen molar-refractivity contribution in [1.29, 1.82) is 0 Å². The third-order valence-electron chi connectivity index (χ3n) is 4.12. The molecule has 4 rings (SSSR count). The van der Waals surface area contributed by atoms with Crippen molar-refractivity contribution >= 4 is 46.3 Å². The van der Waals surface area contributed by atoms with Crippen molar-refractivity contribution in [3.05, 3.63) is 101 Å². The summed E-state index contributed by atoms with van der Waals surface area (Å²) in [6, 6.07) is 23.9. The van der Waals surface area contributed by atoms with Crippen LogP contribution in [0.4, 0.5) is 11.4 Å². The van der Waals surface area contributed by atoms with E-state index in [1.54, 1.807) is 48.7 Å². The second-order valence-electron chi connectivity index (χ2n) is 6.23. The van der Waals surface area contributed by atoms with Crippen LogP contribution in [0.1, 0.15) is 20.0 Å². The number of aromatic nitrogens is 1. The number of nitrogens with zero attached hydrogens (tertiary/aromatic N) is 1. The molecule has 5 nitrogen and oxygen atoms in total. The maximum Gasteiger partial charge on any atom is 0.265 e. The van der Waals surface area contributed by atoms with Crippen LogP contribution in [0.5, 0.6) is 0 Å². The molecule has 0 saturated heterocycles. The van der Waals surface area contributed by atoms with Gasteiger partial charge >= 0.3 is 0 Å². The van der Waals surface area contributed by atoms with E-state index < -0.39 is 0 Å². The van der Waals surface area contributed by atoms with Gasteiger partial charge in [0.2, 0.25) is 0 Å². The highest BCUT2D eigenvalue weighted by atomic mass is 32.2. The van der Waals surface area contributed by atoms with Crippen LogP contribution in [0.3, 0.4) is 0 Å². The van der Waals surface area contributed by atoms with Crippen LogP contribution in [0, 0.1) is 0 Å². The third kappa shape index (κ3) is 4.94. The summed E-state index contributed by atoms with van der Waals surface area (Å²) >= 11 is 2.83. The first-order valence-corrected chi connectivity index (χ1v) is 10.8. The van der Waals surface area contributed by atoms with Crippen LogP contribution >= 0.6 is 23.1 Å². The number of hydrogen-bond donors (Lipinski definition) is 2. The van der Waals surface area contributed by atoms with E-state index in [-0.39, 0.29) is 11.8 Å². The number of rotatable bonds is 6. The Morgan fingerprint density at radius 2 is 1.47 bits per heavy atom. The molecule has 0 radical (unpaired) electrons. The van der Waals surface area contributed by atoms with E-state index in [2.05, 4.69) is 15.6 Å². The molecule has 148 valence electrons. The Morgan fingerprint density at radius 3 is 2.13 bits per heavy atom. The van der Waals surface area contributed by atoms with Gasteiger partial charge in [0, 0.05) is 22.5 Å². The van der Waals surface area contributed by atoms with Gasteiger partial charge in [0.15, 0.2) is 0 Å². The van der Waals surface area contributed by atoms with Gasteiger partial charge in [-0.1, -0.05) is 36.0 Å². The van der Waals surface area contributed by atoms with Crippen LogP contribution in [0.2, 0.25) is 0 Å². The third-order valence-corrected chi connectivity index (χ3v) is 6.01. The second-order valence-corrected chi connectivity index (χ2v) is 8.24. The van der Waals surface area contributed by atoms with Crippen molar-refractivity contribution in [2.24, 2.45) is 0 Å². The summed E-state index contributed by atoms with van der Waals surface area (Å²) in [5.74, 6) is -0.392. The minimum absolute atomic E-state index is 0.153. The van der Waals surface area contributed by atoms with E-state index in [1.807, 2.05) is 41.8 Å². The van der Waals surface area contributed by atoms with Gasteiger partial charge < -0.3 is 10.6 Å². The molecule has 7 heteroatoms. The number of nitrogens with one attached hydrogen (secondary N) is 2. The topological polar surface area (TPSA) is 71.1 Å². The molecule has 0 fully saturated rings. The van der Waals surface area contributed by atoms with Crippen molar-refractivity contribution in [3.8, 4) is 0 Å². The molecule has 30 heavy (non-hydrogen) atoms. The van der Waals surface area contributed by atoms with Gasteiger partial charge in [0.25, 0.3) is 11.8 Å². The van der Waals surface area contributed by atoms with E-state index in [1.165, 1.54) is 23.1 Å². The lowest BCUT2D eigenvalue weighted by Gasteiger charge is -2.10. The minimum Gasteiger partial charge on any atom is -0.322 e. The maximum atomic E-state index is 12.8. The molecule has 2 heterocycles. The standard InChI is InChI=1S/C23H17N3O2S2/c27-21(19-8-4-14-24-23(19)30-18-6-2-1-3-7-18)25-16-10-12-17(13-11-16)26-22(28)20-9-5-15-29-20/h1-15H,(H,25,27)(H,26,28). The van der Waals surface area contributed by atoms with Gasteiger partial charge in [-0.25, -0.2) is 4.98 Å². The molecule has 0 aliphatic rings. The average molecular weight is 432 g/mol. The van der Waals surface area contributed by atoms with Crippen molar-refractivity contribution in [1.82, 2.24) is 4.98 Å². The zero-order valence-electron chi connectivity index (χ0n) is 15.7. The summed E-state index contributed by atoms with van der Waals surface area (Å²) in [4.78, 5) is 31.0. The van der Waals surface area contributed by atoms with Gasteiger partial charge in [0.05, 0.1) is 10.4 Å². The maximum absolute atomic E-state index is 12.8. The molecular weight excluding hydrogens is 414 g/mol. The summed E-state index contributed by atoms with van der Waals surface area (Å²) in [5.41, 5.74) is 1.79. The molecular formula is C23H17N3O2S2. The Labute approximate surface area is 182 Å². The molecule has 2 aromatic carbocycles. The fraction of sp³-hybridized carbons (Fsp3) is 0. The molecule has 2 amide bonds. The summed E-state index contributed by atoms with van der Waals surface area (Å²) in [6.45, 7) is 0. The van der Waals surface area contributed by atoms with E-state index in [0.29, 0.717) is 26.8 Å². The molecule has 0 spiro atoms. The van der Waals surface area contributed by atoms with Gasteiger partial charge in [-0.3, -0.25) is 9.59 Å². The Hall–Kier alpha value is -3.42. The highest BCUT2D eigenvalue weighted by Gasteiger charge is 2.14. The Morgan fingerprint density at radius 1 is 0.767 bits per heavy atom. The van der Waals surface area contributed by atoms with E-state index in [9.17, 15) is 9.59 Å². The first-order valence-electron chi connectivity index (χ1n) is 9.13. The van der Waals surface area contributed by atoms with E-state index in [0.717, 1.165) is 4.90 Å². The van der Waals surface area contributed by atoms with Crippen LogP contribution in [0.25, 0.3) is 0 Å². The quantitative estimate of drug-likeness (QED) is 0.405. The largest absolute Gasteiger partial charge is 0.322 e. The van der Waals surface area contributed by atoms with Crippen molar-refractivity contribution in [3.63, 3.8) is 0 Å². The van der Waals surface area contributed by atoms with Crippen molar-refractivity contribution in [2.45, 2.75) is 9.92 Å². The highest BCUT2D eigenvalue weighted by molar-refractivity contribution is 7.99. The fourth-order valence-electron chi connectivity index (χ4n) is 2.68. The summed E-state index contributed by atoms with van der Waals surface area (Å²) in [7, 11) is 0. The van der Waals surface area contributed by atoms with Crippen LogP contribution in [-0.4, -0.2) is 16.8 Å². The Kier molecular flexibility index (Phi) is 6.22. The van der Waals surface area contributed by atoms with Crippen LogP contribution in [-0.2, 0) is 0 Å². The molecule has 0 aliphatic heterocycles. The molecule has 2 aromatic heterocycles. The number of hydrogen-bond acceptors (Lipinski definition) is 5. The molecule has 0 aliphatic carbocycles. The van der Waals surface area contributed by atoms with Crippen molar-refractivity contribution < 1.29 is 9.59 Å². The smallest absolute Gasteiger partial charge is 0.265 e. The molecule has 0 saturated carbocycles. The van der Waals surface area contributed by atoms with Gasteiger partial charge in [-0.15, -0.1) is 11.3 Å². The lowest BCUT2D eigenvalue weighted by atomic mass is 10.2. The van der Waals surface area contributed by atoms with E-state index in [4.69, 9.17) is 0 Å². The normalized spacial score (nSPS) is 10.4. The van der Waals surface area contributed by atoms with Gasteiger partial charge in [-0.2, -0.15) is 0 Å². The van der Waals surface area contributed by atoms with Crippen LogP contribution < -0.4 is 10.6 Å². The van der Waals surface area contributed by atoms with Crippen LogP contribution in [0.15, 0.2) is 100 Å². The Bertz CT molecular complexity index is 1140. The number of benzene rings is 2. The zero-order valence-corrected chi connectivity index (χ0v) is 17.4. The fourth-order valence-corrected chi connectivity index (χ4v) is 4.20. The number of amides is 2. The highest BCUT2D eigenvalue weighted by Crippen LogP contribution is 2.29. The predicted octanol–water partition coefficient (Wildman–Crippen LogP) is 5.80. The van der Waals surface area contributed by atoms with E-state index >= 15 is 0 Å². The molecule has 0 bridgehead atoms. The lowest BCUT2D eigenvalue weighted by molar-refractivity contribution is 0.101. The number of thiophene rings is 1. The van der Waals surface area contributed by atoms with Gasteiger partial charge in [-0.05, 0) is 60.0 Å². The lowest BCUT2D eigenvalue weighted by Crippen LogP contribution is -2.14. The molecule has 0 atom stereocenters. The predicted molar refractivity (Wildman–Crippen MR) is 121 cm³/mol. The number of pyridine rings is 1. The summed E-state index contributed by atoms with van der Waals surface area (Å²) in [5, 5.41) is 8.23. The molecule has 2 N–H and O–H groups in total. The summed E-state index contributed by atoms with van der Waals surface area (Å²) < 4.78 is 0. The average Bonchev–Trinajstić information content (AvgIpc) is 3.31. The summed E-state index contributed by atoms with van der Waals surface area (Å²) in [6.07, 6.45) is 1.67. The molecule has 0 unspecified atom stereocenters. The number of carbonyl (C=O) groups is 2. The molecule has 4 aromatic rings. The van der Waals surface area contributed by atoms with Crippen molar-refractivity contribution in [2.75, 3.05) is 10.6 Å². The Balaban J connectivity index is 1.43. The SMILES string of the molecule is O=C(Nc1ccc(NC(=O)c2cccnc2Sc2ccccc2)cc1)c1cccs1. The minimum atomic E-state index is -0.239. The second kappa shape index (κ2) is 9.39. The monoisotopic (exact) mass is 431 g/mol. The number of carbonyl (C=O) groups excluding carboxylic acids is 2. The zero-order chi connectivity index (χ0) is 20.8. The van der Waals surface area contributed by atoms with Gasteiger partial charge in [0.1, 0.15) is 5.03 Å². The first-order chi connectivity index (χ1) is 14.7.